The summed E-state index contributed by atoms with van der Waals surface area (Å²) in [5, 5.41) is 4.17. The molecule has 1 N–H and O–H groups in total. The van der Waals surface area contributed by atoms with Crippen LogP contribution in [0.25, 0.3) is 0 Å². The van der Waals surface area contributed by atoms with Gasteiger partial charge in [0, 0.05) is 28.3 Å². The van der Waals surface area contributed by atoms with Crippen molar-refractivity contribution in [2.75, 3.05) is 25.1 Å². The minimum atomic E-state index is 0.622. The van der Waals surface area contributed by atoms with Gasteiger partial charge in [-0.1, -0.05) is 11.6 Å². The maximum Gasteiger partial charge on any atom is 0.0511 e. The number of benzene rings is 1. The lowest BCUT2D eigenvalue weighted by atomic mass is 10.0. The normalized spacial score (nSPS) is 20.8. The first-order valence-corrected chi connectivity index (χ1v) is 6.69. The van der Waals surface area contributed by atoms with Crippen LogP contribution in [0.4, 0.5) is 5.69 Å². The largest absolute Gasteiger partial charge is 0.384 e. The molecule has 1 heterocycles. The average Bonchev–Trinajstić information content (AvgIpc) is 2.29. The molecular weight excluding hydrogens is 289 g/mol. The molecule has 0 spiro atoms. The Morgan fingerprint density at radius 2 is 2.38 bits per heavy atom. The van der Waals surface area contributed by atoms with Crippen LogP contribution in [0.3, 0.4) is 0 Å². The highest BCUT2D eigenvalue weighted by Gasteiger charge is 2.13. The zero-order valence-electron chi connectivity index (χ0n) is 9.01. The van der Waals surface area contributed by atoms with Crippen molar-refractivity contribution >= 4 is 33.2 Å². The van der Waals surface area contributed by atoms with Gasteiger partial charge >= 0.3 is 0 Å². The van der Waals surface area contributed by atoms with Crippen LogP contribution >= 0.6 is 27.5 Å². The van der Waals surface area contributed by atoms with E-state index in [2.05, 4.69) is 21.2 Å². The summed E-state index contributed by atoms with van der Waals surface area (Å²) in [5.74, 6) is 0.622. The van der Waals surface area contributed by atoms with E-state index < -0.39 is 0 Å². The van der Waals surface area contributed by atoms with Gasteiger partial charge in [-0.3, -0.25) is 0 Å². The van der Waals surface area contributed by atoms with Crippen molar-refractivity contribution in [3.8, 4) is 0 Å². The van der Waals surface area contributed by atoms with Gasteiger partial charge in [0.25, 0.3) is 0 Å². The fourth-order valence-electron chi connectivity index (χ4n) is 1.86. The summed E-state index contributed by atoms with van der Waals surface area (Å²) in [6.07, 6.45) is 2.42. The van der Waals surface area contributed by atoms with Crippen molar-refractivity contribution in [3.63, 3.8) is 0 Å². The molecule has 1 aliphatic rings. The molecule has 0 radical (unpaired) electrons. The first kappa shape index (κ1) is 12.2. The van der Waals surface area contributed by atoms with E-state index >= 15 is 0 Å². The summed E-state index contributed by atoms with van der Waals surface area (Å²) in [6, 6.07) is 5.80. The topological polar surface area (TPSA) is 21.3 Å². The Kier molecular flexibility index (Phi) is 4.50. The Balaban J connectivity index is 1.88. The SMILES string of the molecule is Clc1ccc(NCC2CCCOC2)c(Br)c1. The Hall–Kier alpha value is -0.250. The van der Waals surface area contributed by atoms with Crippen LogP contribution in [-0.4, -0.2) is 19.8 Å². The first-order chi connectivity index (χ1) is 7.75. The number of nitrogens with one attached hydrogen (secondary N) is 1. The van der Waals surface area contributed by atoms with Gasteiger partial charge in [-0.2, -0.15) is 0 Å². The molecule has 2 nitrogen and oxygen atoms in total. The van der Waals surface area contributed by atoms with Crippen molar-refractivity contribution in [3.05, 3.63) is 27.7 Å². The van der Waals surface area contributed by atoms with Crippen LogP contribution in [0.15, 0.2) is 22.7 Å². The van der Waals surface area contributed by atoms with Crippen molar-refractivity contribution < 1.29 is 4.74 Å². The van der Waals surface area contributed by atoms with Crippen molar-refractivity contribution in [2.45, 2.75) is 12.8 Å². The van der Waals surface area contributed by atoms with Crippen LogP contribution < -0.4 is 5.32 Å². The van der Waals surface area contributed by atoms with Gasteiger partial charge in [-0.15, -0.1) is 0 Å². The lowest BCUT2D eigenvalue weighted by molar-refractivity contribution is 0.0595. The van der Waals surface area contributed by atoms with Crippen molar-refractivity contribution in [1.29, 1.82) is 0 Å². The third-order valence-corrected chi connectivity index (χ3v) is 3.66. The molecule has 88 valence electrons. The van der Waals surface area contributed by atoms with Gasteiger partial charge in [-0.25, -0.2) is 0 Å². The van der Waals surface area contributed by atoms with E-state index in [1.807, 2.05) is 18.2 Å². The maximum atomic E-state index is 5.89. The van der Waals surface area contributed by atoms with E-state index in [1.165, 1.54) is 12.8 Å². The van der Waals surface area contributed by atoms with Gasteiger partial charge in [0.15, 0.2) is 0 Å². The molecule has 1 aromatic carbocycles. The molecule has 16 heavy (non-hydrogen) atoms. The van der Waals surface area contributed by atoms with Crippen LogP contribution in [0.2, 0.25) is 5.02 Å². The average molecular weight is 305 g/mol. The highest BCUT2D eigenvalue weighted by molar-refractivity contribution is 9.10. The standard InChI is InChI=1S/C12H15BrClNO/c13-11-6-10(14)3-4-12(11)15-7-9-2-1-5-16-8-9/h3-4,6,9,15H,1-2,5,7-8H2. The monoisotopic (exact) mass is 303 g/mol. The minimum Gasteiger partial charge on any atom is -0.384 e. The molecule has 1 unspecified atom stereocenters. The van der Waals surface area contributed by atoms with E-state index in [0.29, 0.717) is 5.92 Å². The van der Waals surface area contributed by atoms with E-state index in [-0.39, 0.29) is 0 Å². The minimum absolute atomic E-state index is 0.622. The number of hydrogen-bond donors (Lipinski definition) is 1. The van der Waals surface area contributed by atoms with E-state index in [1.54, 1.807) is 0 Å². The Morgan fingerprint density at radius 1 is 1.50 bits per heavy atom. The van der Waals surface area contributed by atoms with E-state index in [4.69, 9.17) is 16.3 Å². The van der Waals surface area contributed by atoms with E-state index in [9.17, 15) is 0 Å². The van der Waals surface area contributed by atoms with Crippen LogP contribution in [0.5, 0.6) is 0 Å². The van der Waals surface area contributed by atoms with Gasteiger partial charge < -0.3 is 10.1 Å². The Bertz CT molecular complexity index is 353. The summed E-state index contributed by atoms with van der Waals surface area (Å²) in [6.45, 7) is 2.75. The zero-order chi connectivity index (χ0) is 11.4. The van der Waals surface area contributed by atoms with Gasteiger partial charge in [0.1, 0.15) is 0 Å². The quantitative estimate of drug-likeness (QED) is 0.913. The summed E-state index contributed by atoms with van der Waals surface area (Å²) in [4.78, 5) is 0. The molecule has 1 aromatic rings. The van der Waals surface area contributed by atoms with Crippen LogP contribution in [0.1, 0.15) is 12.8 Å². The lowest BCUT2D eigenvalue weighted by Gasteiger charge is -2.23. The van der Waals surface area contributed by atoms with Crippen molar-refractivity contribution in [2.24, 2.45) is 5.92 Å². The Morgan fingerprint density at radius 3 is 3.06 bits per heavy atom. The van der Waals surface area contributed by atoms with Crippen LogP contribution in [-0.2, 0) is 4.74 Å². The number of rotatable bonds is 3. The first-order valence-electron chi connectivity index (χ1n) is 5.52. The molecule has 0 aromatic heterocycles. The number of hydrogen-bond acceptors (Lipinski definition) is 2. The summed E-state index contributed by atoms with van der Waals surface area (Å²) < 4.78 is 6.46. The molecule has 4 heteroatoms. The third-order valence-electron chi connectivity index (χ3n) is 2.77. The smallest absolute Gasteiger partial charge is 0.0511 e. The molecule has 0 amide bonds. The highest BCUT2D eigenvalue weighted by atomic mass is 79.9. The number of ether oxygens (including phenoxy) is 1. The van der Waals surface area contributed by atoms with Gasteiger partial charge in [0.05, 0.1) is 6.61 Å². The molecule has 1 aliphatic heterocycles. The third kappa shape index (κ3) is 3.37. The highest BCUT2D eigenvalue weighted by Crippen LogP contribution is 2.26. The molecule has 2 rings (SSSR count). The second-order valence-electron chi connectivity index (χ2n) is 4.09. The molecule has 1 saturated heterocycles. The van der Waals surface area contributed by atoms with Crippen LogP contribution in [0, 0.1) is 5.92 Å². The fourth-order valence-corrected chi connectivity index (χ4v) is 2.68. The lowest BCUT2D eigenvalue weighted by Crippen LogP contribution is -2.24. The van der Waals surface area contributed by atoms with Crippen molar-refractivity contribution in [1.82, 2.24) is 0 Å². The second-order valence-corrected chi connectivity index (χ2v) is 5.38. The molecule has 1 atom stereocenters. The second kappa shape index (κ2) is 5.89. The van der Waals surface area contributed by atoms with Gasteiger partial charge in [-0.05, 0) is 52.9 Å². The summed E-state index contributed by atoms with van der Waals surface area (Å²) in [5.41, 5.74) is 1.09. The zero-order valence-corrected chi connectivity index (χ0v) is 11.4. The summed E-state index contributed by atoms with van der Waals surface area (Å²) in [7, 11) is 0. The Labute approximate surface area is 109 Å². The molecule has 0 bridgehead atoms. The maximum absolute atomic E-state index is 5.89. The predicted molar refractivity (Wildman–Crippen MR) is 71.2 cm³/mol. The fraction of sp³-hybridized carbons (Fsp3) is 0.500. The van der Waals surface area contributed by atoms with E-state index in [0.717, 1.165) is 34.9 Å². The summed E-state index contributed by atoms with van der Waals surface area (Å²) >= 11 is 9.38. The molecule has 1 fully saturated rings. The van der Waals surface area contributed by atoms with Gasteiger partial charge in [0.2, 0.25) is 0 Å². The number of halogens is 2. The molecular formula is C12H15BrClNO. The molecule has 0 aliphatic carbocycles. The predicted octanol–water partition coefficient (Wildman–Crippen LogP) is 3.94. The number of anilines is 1. The molecule has 0 saturated carbocycles.